The smallest absolute Gasteiger partial charge is 0.272 e. The SMILES string of the molecule is CC(C)C[C@H](NC(=O)c1cncc(N2CCOCC2)n1)C(=O)NCC#N. The summed E-state index contributed by atoms with van der Waals surface area (Å²) in [7, 11) is 0. The largest absolute Gasteiger partial charge is 0.378 e. The van der Waals surface area contributed by atoms with Crippen molar-refractivity contribution >= 4 is 17.6 Å². The Hall–Kier alpha value is -2.73. The van der Waals surface area contributed by atoms with Gasteiger partial charge in [-0.05, 0) is 12.3 Å². The van der Waals surface area contributed by atoms with Gasteiger partial charge in [0.2, 0.25) is 5.91 Å². The van der Waals surface area contributed by atoms with Crippen LogP contribution in [0.1, 0.15) is 30.8 Å². The summed E-state index contributed by atoms with van der Waals surface area (Å²) in [5.74, 6) is -0.0505. The van der Waals surface area contributed by atoms with E-state index in [1.807, 2.05) is 24.8 Å². The summed E-state index contributed by atoms with van der Waals surface area (Å²) in [6, 6.07) is 1.12. The number of carbonyl (C=O) groups excluding carboxylic acids is 2. The number of ether oxygens (including phenoxy) is 1. The van der Waals surface area contributed by atoms with E-state index in [1.54, 1.807) is 6.20 Å². The number of rotatable bonds is 7. The van der Waals surface area contributed by atoms with Crippen molar-refractivity contribution in [3.63, 3.8) is 0 Å². The van der Waals surface area contributed by atoms with Crippen molar-refractivity contribution < 1.29 is 14.3 Å². The number of carbonyl (C=O) groups is 2. The van der Waals surface area contributed by atoms with Gasteiger partial charge in [0.1, 0.15) is 24.1 Å². The highest BCUT2D eigenvalue weighted by Gasteiger charge is 2.23. The highest BCUT2D eigenvalue weighted by Crippen LogP contribution is 2.12. The second-order valence-corrected chi connectivity index (χ2v) is 6.39. The molecule has 140 valence electrons. The van der Waals surface area contributed by atoms with E-state index >= 15 is 0 Å². The second-order valence-electron chi connectivity index (χ2n) is 6.39. The van der Waals surface area contributed by atoms with E-state index in [-0.39, 0.29) is 24.1 Å². The molecule has 0 bridgehead atoms. The maximum absolute atomic E-state index is 12.5. The van der Waals surface area contributed by atoms with Gasteiger partial charge in [-0.2, -0.15) is 5.26 Å². The minimum Gasteiger partial charge on any atom is -0.378 e. The normalized spacial score (nSPS) is 15.2. The van der Waals surface area contributed by atoms with Crippen LogP contribution in [0.3, 0.4) is 0 Å². The number of hydrogen-bond acceptors (Lipinski definition) is 7. The summed E-state index contributed by atoms with van der Waals surface area (Å²) >= 11 is 0. The van der Waals surface area contributed by atoms with Gasteiger partial charge in [-0.15, -0.1) is 0 Å². The van der Waals surface area contributed by atoms with Crippen LogP contribution in [0, 0.1) is 17.2 Å². The minimum absolute atomic E-state index is 0.102. The maximum Gasteiger partial charge on any atom is 0.272 e. The van der Waals surface area contributed by atoms with Gasteiger partial charge in [-0.1, -0.05) is 13.8 Å². The fraction of sp³-hybridized carbons (Fsp3) is 0.588. The van der Waals surface area contributed by atoms with Gasteiger partial charge < -0.3 is 20.3 Å². The van der Waals surface area contributed by atoms with E-state index in [0.717, 1.165) is 0 Å². The van der Waals surface area contributed by atoms with Crippen LogP contribution in [0.4, 0.5) is 5.82 Å². The fourth-order valence-electron chi connectivity index (χ4n) is 2.59. The molecule has 1 aliphatic heterocycles. The first kappa shape index (κ1) is 19.6. The third kappa shape index (κ3) is 5.67. The van der Waals surface area contributed by atoms with E-state index in [0.29, 0.717) is 38.5 Å². The Bertz CT molecular complexity index is 667. The molecule has 9 heteroatoms. The molecule has 0 unspecified atom stereocenters. The summed E-state index contributed by atoms with van der Waals surface area (Å²) < 4.78 is 5.31. The van der Waals surface area contributed by atoms with Crippen molar-refractivity contribution in [2.75, 3.05) is 37.7 Å². The number of anilines is 1. The topological polar surface area (TPSA) is 120 Å². The van der Waals surface area contributed by atoms with Crippen LogP contribution < -0.4 is 15.5 Å². The third-order valence-corrected chi connectivity index (χ3v) is 3.86. The van der Waals surface area contributed by atoms with Crippen molar-refractivity contribution in [2.45, 2.75) is 26.3 Å². The molecule has 0 aliphatic carbocycles. The molecule has 1 saturated heterocycles. The van der Waals surface area contributed by atoms with Crippen LogP contribution in [0.25, 0.3) is 0 Å². The Kier molecular flexibility index (Phi) is 7.29. The molecular weight excluding hydrogens is 336 g/mol. The van der Waals surface area contributed by atoms with Crippen LogP contribution in [0.5, 0.6) is 0 Å². The summed E-state index contributed by atoms with van der Waals surface area (Å²) in [6.45, 7) is 6.39. The molecule has 1 aliphatic rings. The van der Waals surface area contributed by atoms with Crippen LogP contribution in [0.2, 0.25) is 0 Å². The molecule has 0 radical (unpaired) electrons. The van der Waals surface area contributed by atoms with Gasteiger partial charge in [0.25, 0.3) is 5.91 Å². The van der Waals surface area contributed by atoms with Crippen molar-refractivity contribution in [3.8, 4) is 6.07 Å². The monoisotopic (exact) mass is 360 g/mol. The lowest BCUT2D eigenvalue weighted by Gasteiger charge is -2.27. The lowest BCUT2D eigenvalue weighted by molar-refractivity contribution is -0.123. The lowest BCUT2D eigenvalue weighted by Crippen LogP contribution is -2.47. The molecule has 1 fully saturated rings. The molecule has 0 aromatic carbocycles. The zero-order valence-electron chi connectivity index (χ0n) is 15.1. The Morgan fingerprint density at radius 2 is 2.08 bits per heavy atom. The summed E-state index contributed by atoms with van der Waals surface area (Å²) in [5, 5.41) is 13.8. The average molecular weight is 360 g/mol. The molecular formula is C17H24N6O3. The zero-order chi connectivity index (χ0) is 18.9. The highest BCUT2D eigenvalue weighted by atomic mass is 16.5. The van der Waals surface area contributed by atoms with Gasteiger partial charge in [-0.25, -0.2) is 4.98 Å². The molecule has 1 aromatic rings. The standard InChI is InChI=1S/C17H24N6O3/c1-12(2)9-13(16(24)20-4-3-18)22-17(25)14-10-19-11-15(21-14)23-5-7-26-8-6-23/h10-13H,4-9H2,1-2H3,(H,20,24)(H,22,25)/t13-/m0/s1. The Labute approximate surface area is 152 Å². The molecule has 2 amide bonds. The number of amides is 2. The molecule has 1 aromatic heterocycles. The number of nitrogens with zero attached hydrogens (tertiary/aromatic N) is 4. The average Bonchev–Trinajstić information content (AvgIpc) is 2.66. The molecule has 1 atom stereocenters. The Morgan fingerprint density at radius 1 is 1.35 bits per heavy atom. The zero-order valence-corrected chi connectivity index (χ0v) is 15.1. The summed E-state index contributed by atoms with van der Waals surface area (Å²) in [4.78, 5) is 35.2. The predicted octanol–water partition coefficient (Wildman–Crippen LogP) is 0.0975. The highest BCUT2D eigenvalue weighted by molar-refractivity contribution is 5.96. The first-order valence-electron chi connectivity index (χ1n) is 8.61. The third-order valence-electron chi connectivity index (χ3n) is 3.86. The van der Waals surface area contributed by atoms with E-state index in [9.17, 15) is 9.59 Å². The predicted molar refractivity (Wildman–Crippen MR) is 94.4 cm³/mol. The molecule has 2 N–H and O–H groups in total. The second kappa shape index (κ2) is 9.68. The number of nitrogens with one attached hydrogen (secondary N) is 2. The minimum atomic E-state index is -0.732. The molecule has 9 nitrogen and oxygen atoms in total. The number of morpholine rings is 1. The Balaban J connectivity index is 2.08. The van der Waals surface area contributed by atoms with Crippen molar-refractivity contribution in [3.05, 3.63) is 18.1 Å². The van der Waals surface area contributed by atoms with E-state index in [1.165, 1.54) is 6.20 Å². The number of aromatic nitrogens is 2. The van der Waals surface area contributed by atoms with Crippen molar-refractivity contribution in [1.82, 2.24) is 20.6 Å². The van der Waals surface area contributed by atoms with Crippen LogP contribution in [-0.2, 0) is 9.53 Å². The van der Waals surface area contributed by atoms with Gasteiger partial charge in [-0.3, -0.25) is 14.6 Å². The first-order valence-corrected chi connectivity index (χ1v) is 8.61. The molecule has 0 spiro atoms. The fourth-order valence-corrected chi connectivity index (χ4v) is 2.59. The van der Waals surface area contributed by atoms with E-state index < -0.39 is 11.9 Å². The first-order chi connectivity index (χ1) is 12.5. The van der Waals surface area contributed by atoms with Gasteiger partial charge >= 0.3 is 0 Å². The van der Waals surface area contributed by atoms with Crippen LogP contribution in [-0.4, -0.2) is 60.7 Å². The number of hydrogen-bond donors (Lipinski definition) is 2. The van der Waals surface area contributed by atoms with Crippen LogP contribution >= 0.6 is 0 Å². The van der Waals surface area contributed by atoms with E-state index in [4.69, 9.17) is 10.00 Å². The van der Waals surface area contributed by atoms with Crippen molar-refractivity contribution in [1.29, 1.82) is 5.26 Å². The van der Waals surface area contributed by atoms with Crippen LogP contribution in [0.15, 0.2) is 12.4 Å². The number of nitriles is 1. The quantitative estimate of drug-likeness (QED) is 0.662. The van der Waals surface area contributed by atoms with Crippen molar-refractivity contribution in [2.24, 2.45) is 5.92 Å². The molecule has 26 heavy (non-hydrogen) atoms. The lowest BCUT2D eigenvalue weighted by atomic mass is 10.0. The summed E-state index contributed by atoms with van der Waals surface area (Å²) in [5.41, 5.74) is 0.149. The van der Waals surface area contributed by atoms with Gasteiger partial charge in [0.15, 0.2) is 0 Å². The molecule has 2 heterocycles. The Morgan fingerprint density at radius 3 is 2.73 bits per heavy atom. The maximum atomic E-state index is 12.5. The summed E-state index contributed by atoms with van der Waals surface area (Å²) in [6.07, 6.45) is 3.44. The van der Waals surface area contributed by atoms with E-state index in [2.05, 4.69) is 20.6 Å². The van der Waals surface area contributed by atoms with Gasteiger partial charge in [0, 0.05) is 13.1 Å². The molecule has 0 saturated carbocycles. The molecule has 2 rings (SSSR count). The van der Waals surface area contributed by atoms with Gasteiger partial charge in [0.05, 0.1) is 31.7 Å².